The Hall–Kier alpha value is -2.14. The molecule has 0 aliphatic heterocycles. The van der Waals surface area contributed by atoms with Gasteiger partial charge in [0.15, 0.2) is 0 Å². The van der Waals surface area contributed by atoms with E-state index in [1.165, 1.54) is 7.11 Å². The number of carbonyl (C=O) groups is 1. The number of aryl methyl sites for hydroxylation is 1. The Morgan fingerprint density at radius 1 is 1.25 bits per heavy atom. The molecule has 2 aromatic rings. The van der Waals surface area contributed by atoms with Crippen molar-refractivity contribution in [2.75, 3.05) is 38.6 Å². The van der Waals surface area contributed by atoms with Gasteiger partial charge in [-0.2, -0.15) is 0 Å². The van der Waals surface area contributed by atoms with Gasteiger partial charge in [-0.1, -0.05) is 32.0 Å². The van der Waals surface area contributed by atoms with E-state index in [9.17, 15) is 4.79 Å². The molecule has 0 fully saturated rings. The number of ether oxygens (including phenoxy) is 1. The van der Waals surface area contributed by atoms with E-state index in [4.69, 9.17) is 4.74 Å². The van der Waals surface area contributed by atoms with E-state index < -0.39 is 0 Å². The number of hydrogen-bond acceptors (Lipinski definition) is 5. The van der Waals surface area contributed by atoms with Crippen LogP contribution in [-0.4, -0.2) is 49.1 Å². The van der Waals surface area contributed by atoms with Crippen molar-refractivity contribution in [3.05, 3.63) is 35.5 Å². The lowest BCUT2D eigenvalue weighted by Crippen LogP contribution is -2.29. The van der Waals surface area contributed by atoms with Gasteiger partial charge in [0.2, 0.25) is 0 Å². The minimum atomic E-state index is -0.248. The first-order valence-electron chi connectivity index (χ1n) is 8.51. The average Bonchev–Trinajstić information content (AvgIpc) is 2.60. The summed E-state index contributed by atoms with van der Waals surface area (Å²) < 4.78 is 4.85. The van der Waals surface area contributed by atoms with Crippen LogP contribution in [0.4, 0.5) is 5.69 Å². The van der Waals surface area contributed by atoms with Crippen molar-refractivity contribution in [3.8, 4) is 0 Å². The monoisotopic (exact) mass is 329 g/mol. The Bertz CT molecular complexity index is 696. The summed E-state index contributed by atoms with van der Waals surface area (Å²) in [6, 6.07) is 8.02. The molecule has 0 radical (unpaired) electrons. The summed E-state index contributed by atoms with van der Waals surface area (Å²) in [4.78, 5) is 18.8. The molecule has 0 spiro atoms. The van der Waals surface area contributed by atoms with Crippen LogP contribution >= 0.6 is 0 Å². The summed E-state index contributed by atoms with van der Waals surface area (Å²) in [5, 5.41) is 4.58. The molecule has 0 amide bonds. The molecule has 1 N–H and O–H groups in total. The van der Waals surface area contributed by atoms with Crippen molar-refractivity contribution in [2.45, 2.75) is 27.2 Å². The first kappa shape index (κ1) is 18.2. The summed E-state index contributed by atoms with van der Waals surface area (Å²) in [6.45, 7) is 10.1. The number of hydrogen-bond donors (Lipinski definition) is 1. The second-order valence-corrected chi connectivity index (χ2v) is 5.77. The third kappa shape index (κ3) is 4.23. The number of nitrogens with zero attached hydrogens (tertiary/aromatic N) is 2. The van der Waals surface area contributed by atoms with E-state index in [0.717, 1.165) is 54.0 Å². The molecular weight excluding hydrogens is 302 g/mol. The molecule has 0 saturated carbocycles. The number of rotatable bonds is 8. The van der Waals surface area contributed by atoms with E-state index in [0.29, 0.717) is 0 Å². The fraction of sp³-hybridized carbons (Fsp3) is 0.474. The maximum absolute atomic E-state index is 11.8. The number of para-hydroxylation sites is 1. The zero-order chi connectivity index (χ0) is 17.5. The molecule has 0 aliphatic rings. The Labute approximate surface area is 144 Å². The maximum Gasteiger partial charge on any atom is 0.310 e. The van der Waals surface area contributed by atoms with Gasteiger partial charge in [-0.3, -0.25) is 9.78 Å². The van der Waals surface area contributed by atoms with Crippen molar-refractivity contribution in [1.82, 2.24) is 9.88 Å². The number of pyridine rings is 1. The molecule has 0 unspecified atom stereocenters. The van der Waals surface area contributed by atoms with Crippen LogP contribution in [0.1, 0.15) is 25.1 Å². The largest absolute Gasteiger partial charge is 0.469 e. The fourth-order valence-electron chi connectivity index (χ4n) is 2.89. The highest BCUT2D eigenvalue weighted by molar-refractivity contribution is 5.95. The Morgan fingerprint density at radius 3 is 2.62 bits per heavy atom. The van der Waals surface area contributed by atoms with Crippen LogP contribution in [0.5, 0.6) is 0 Å². The van der Waals surface area contributed by atoms with Crippen molar-refractivity contribution >= 4 is 22.6 Å². The van der Waals surface area contributed by atoms with Gasteiger partial charge in [0.25, 0.3) is 0 Å². The van der Waals surface area contributed by atoms with Gasteiger partial charge in [0.1, 0.15) is 0 Å². The number of nitrogens with one attached hydrogen (secondary N) is 1. The minimum absolute atomic E-state index is 0.230. The molecular formula is C19H27N3O2. The Morgan fingerprint density at radius 2 is 1.96 bits per heavy atom. The van der Waals surface area contributed by atoms with Crippen LogP contribution in [0.15, 0.2) is 24.3 Å². The van der Waals surface area contributed by atoms with Gasteiger partial charge >= 0.3 is 5.97 Å². The zero-order valence-electron chi connectivity index (χ0n) is 15.1. The minimum Gasteiger partial charge on any atom is -0.469 e. The molecule has 0 bridgehead atoms. The van der Waals surface area contributed by atoms with E-state index in [1.54, 1.807) is 0 Å². The molecule has 1 aromatic heterocycles. The van der Waals surface area contributed by atoms with Gasteiger partial charge in [0, 0.05) is 35.4 Å². The molecule has 130 valence electrons. The lowest BCUT2D eigenvalue weighted by atomic mass is 10.0. The number of methoxy groups -OCH3 is 1. The quantitative estimate of drug-likeness (QED) is 0.755. The molecule has 24 heavy (non-hydrogen) atoms. The molecule has 0 saturated heterocycles. The summed E-state index contributed by atoms with van der Waals surface area (Å²) >= 11 is 0. The molecule has 0 atom stereocenters. The molecule has 2 rings (SSSR count). The second kappa shape index (κ2) is 8.64. The Balaban J connectivity index is 2.35. The highest BCUT2D eigenvalue weighted by Crippen LogP contribution is 2.29. The molecule has 1 heterocycles. The number of carbonyl (C=O) groups excluding carboxylic acids is 1. The van der Waals surface area contributed by atoms with E-state index >= 15 is 0 Å². The predicted octanol–water partition coefficient (Wildman–Crippen LogP) is 3.01. The topological polar surface area (TPSA) is 54.5 Å². The third-order valence-electron chi connectivity index (χ3n) is 4.37. The average molecular weight is 329 g/mol. The number of esters is 1. The van der Waals surface area contributed by atoms with Gasteiger partial charge in [0.05, 0.1) is 19.0 Å². The normalized spacial score (nSPS) is 11.0. The van der Waals surface area contributed by atoms with Crippen LogP contribution in [0.2, 0.25) is 0 Å². The third-order valence-corrected chi connectivity index (χ3v) is 4.37. The lowest BCUT2D eigenvalue weighted by molar-refractivity contribution is -0.139. The molecule has 5 nitrogen and oxygen atoms in total. The summed E-state index contributed by atoms with van der Waals surface area (Å²) in [7, 11) is 1.42. The van der Waals surface area contributed by atoms with Crippen molar-refractivity contribution < 1.29 is 9.53 Å². The number of benzene rings is 1. The zero-order valence-corrected chi connectivity index (χ0v) is 15.1. The van der Waals surface area contributed by atoms with Gasteiger partial charge < -0.3 is 15.0 Å². The van der Waals surface area contributed by atoms with E-state index in [-0.39, 0.29) is 12.4 Å². The molecule has 0 aliphatic carbocycles. The Kier molecular flexibility index (Phi) is 6.55. The molecule has 5 heteroatoms. The number of anilines is 1. The summed E-state index contributed by atoms with van der Waals surface area (Å²) in [5.41, 5.74) is 3.72. The standard InChI is InChI=1S/C19H27N3O2/c1-5-22(6-2)12-11-20-19-15-9-7-8-10-17(15)21-14(3)16(19)13-18(23)24-4/h7-10H,5-6,11-13H2,1-4H3,(H,20,21). The van der Waals surface area contributed by atoms with Crippen LogP contribution in [0.3, 0.4) is 0 Å². The first-order chi connectivity index (χ1) is 11.6. The summed E-state index contributed by atoms with van der Waals surface area (Å²) in [6.07, 6.45) is 0.230. The smallest absolute Gasteiger partial charge is 0.310 e. The van der Waals surface area contributed by atoms with Gasteiger partial charge in [-0.05, 0) is 26.1 Å². The lowest BCUT2D eigenvalue weighted by Gasteiger charge is -2.21. The van der Waals surface area contributed by atoms with E-state index in [2.05, 4.69) is 29.0 Å². The van der Waals surface area contributed by atoms with Crippen LogP contribution in [0, 0.1) is 6.92 Å². The van der Waals surface area contributed by atoms with Crippen LogP contribution < -0.4 is 5.32 Å². The molecule has 1 aromatic carbocycles. The van der Waals surface area contributed by atoms with Crippen LogP contribution in [-0.2, 0) is 16.0 Å². The van der Waals surface area contributed by atoms with Gasteiger partial charge in [-0.15, -0.1) is 0 Å². The highest BCUT2D eigenvalue weighted by Gasteiger charge is 2.16. The summed E-state index contributed by atoms with van der Waals surface area (Å²) in [5.74, 6) is -0.248. The van der Waals surface area contributed by atoms with Crippen molar-refractivity contribution in [3.63, 3.8) is 0 Å². The number of aromatic nitrogens is 1. The SMILES string of the molecule is CCN(CC)CCNc1c(CC(=O)OC)c(C)nc2ccccc12. The maximum atomic E-state index is 11.8. The highest BCUT2D eigenvalue weighted by atomic mass is 16.5. The van der Waals surface area contributed by atoms with Crippen molar-refractivity contribution in [1.29, 1.82) is 0 Å². The second-order valence-electron chi connectivity index (χ2n) is 5.77. The first-order valence-corrected chi connectivity index (χ1v) is 8.51. The number of fused-ring (bicyclic) bond motifs is 1. The van der Waals surface area contributed by atoms with Gasteiger partial charge in [-0.25, -0.2) is 0 Å². The van der Waals surface area contributed by atoms with E-state index in [1.807, 2.05) is 31.2 Å². The van der Waals surface area contributed by atoms with Crippen LogP contribution in [0.25, 0.3) is 10.9 Å². The van der Waals surface area contributed by atoms with Crippen molar-refractivity contribution in [2.24, 2.45) is 0 Å². The number of likely N-dealkylation sites (N-methyl/N-ethyl adjacent to an activating group) is 1. The fourth-order valence-corrected chi connectivity index (χ4v) is 2.89. The predicted molar refractivity (Wildman–Crippen MR) is 98.5 cm³/mol.